The Morgan fingerprint density at radius 1 is 0.906 bits per heavy atom. The zero-order chi connectivity index (χ0) is 37.8. The maximum Gasteiger partial charge on any atom is 0.573 e. The summed E-state index contributed by atoms with van der Waals surface area (Å²) in [4.78, 5) is 18.2. The number of hydrogen-bond acceptors (Lipinski definition) is 6. The maximum absolute atomic E-state index is 13.8. The summed E-state index contributed by atoms with van der Waals surface area (Å²) in [6.07, 6.45) is -4.55. The highest BCUT2D eigenvalue weighted by Gasteiger charge is 2.35. The number of benzene rings is 5. The van der Waals surface area contributed by atoms with Crippen molar-refractivity contribution in [1.29, 1.82) is 0 Å². The van der Waals surface area contributed by atoms with E-state index in [0.717, 1.165) is 27.6 Å². The number of halogens is 3. The van der Waals surface area contributed by atoms with Gasteiger partial charge in [-0.2, -0.15) is 8.42 Å². The van der Waals surface area contributed by atoms with E-state index < -0.39 is 33.1 Å². The molecule has 1 aromatic heterocycles. The van der Waals surface area contributed by atoms with Crippen LogP contribution in [-0.4, -0.2) is 35.4 Å². The van der Waals surface area contributed by atoms with Crippen molar-refractivity contribution in [2.45, 2.75) is 50.9 Å². The number of anilines is 2. The number of nitrogens with zero attached hydrogens (tertiary/aromatic N) is 2. The predicted molar refractivity (Wildman–Crippen MR) is 196 cm³/mol. The zero-order valence-electron chi connectivity index (χ0n) is 28.8. The van der Waals surface area contributed by atoms with E-state index in [1.54, 1.807) is 11.0 Å². The van der Waals surface area contributed by atoms with Gasteiger partial charge in [0.05, 0.1) is 16.9 Å². The van der Waals surface area contributed by atoms with Crippen LogP contribution >= 0.6 is 0 Å². The molecule has 0 atom stereocenters. The predicted octanol–water partition coefficient (Wildman–Crippen LogP) is 10.1. The van der Waals surface area contributed by atoms with Gasteiger partial charge in [0.1, 0.15) is 16.5 Å². The lowest BCUT2D eigenvalue weighted by molar-refractivity contribution is -0.274. The lowest BCUT2D eigenvalue weighted by Crippen LogP contribution is -2.23. The number of carbonyl (C=O) groups is 1. The number of fused-ring (bicyclic) bond motifs is 4. The minimum Gasteiger partial charge on any atom is -0.478 e. The summed E-state index contributed by atoms with van der Waals surface area (Å²) in [5.74, 6) is -1.26. The highest BCUT2D eigenvalue weighted by atomic mass is 32.2. The average molecular weight is 739 g/mol. The van der Waals surface area contributed by atoms with E-state index >= 15 is 0 Å². The molecule has 0 spiro atoms. The van der Waals surface area contributed by atoms with Crippen LogP contribution in [0.5, 0.6) is 5.75 Å². The minimum atomic E-state index is -5.03. The normalized spacial score (nSPS) is 12.5. The molecular formula is C41H33F3N2O6S. The van der Waals surface area contributed by atoms with E-state index in [-0.39, 0.29) is 29.3 Å². The topological polar surface area (TPSA) is 117 Å². The Hall–Kier alpha value is -5.72. The van der Waals surface area contributed by atoms with Crippen LogP contribution in [0.2, 0.25) is 0 Å². The highest BCUT2D eigenvalue weighted by Crippen LogP contribution is 2.50. The Morgan fingerprint density at radius 2 is 1.55 bits per heavy atom. The molecule has 53 heavy (non-hydrogen) atoms. The van der Waals surface area contributed by atoms with Crippen LogP contribution in [0.15, 0.2) is 108 Å². The molecule has 6 aromatic rings. The van der Waals surface area contributed by atoms with Crippen LogP contribution in [0.1, 0.15) is 58.1 Å². The van der Waals surface area contributed by atoms with Gasteiger partial charge in [0.2, 0.25) is 0 Å². The van der Waals surface area contributed by atoms with Crippen molar-refractivity contribution in [3.05, 3.63) is 137 Å². The van der Waals surface area contributed by atoms with Crippen LogP contribution < -0.4 is 9.64 Å². The second-order valence-electron chi connectivity index (χ2n) is 13.2. The fourth-order valence-electron chi connectivity index (χ4n) is 7.16. The third-order valence-electron chi connectivity index (χ3n) is 9.48. The molecule has 12 heteroatoms. The largest absolute Gasteiger partial charge is 0.573 e. The standard InChI is InChI=1S/C41H33F3N2O6S/c1-23(2)37-32-11-7-6-9-30(32)24(3)39(45-37)46(22-25-12-18-29(19-13-25)52-41(42,43)44)35-21-33-31-10-5-4-8-28(31)20-34(33)36(38(35)53(49,50)51)26-14-16-27(17-15-26)40(47)48/h4-19,21,23H,20,22H2,1-3H3,(H,47,48)(H,49,50,51). The van der Waals surface area contributed by atoms with Crippen molar-refractivity contribution >= 4 is 38.4 Å². The lowest BCUT2D eigenvalue weighted by atomic mass is 9.93. The monoisotopic (exact) mass is 738 g/mol. The number of alkyl halides is 3. The molecule has 1 aliphatic carbocycles. The molecule has 270 valence electrons. The smallest absolute Gasteiger partial charge is 0.478 e. The first-order valence-electron chi connectivity index (χ1n) is 16.7. The summed E-state index contributed by atoms with van der Waals surface area (Å²) in [6.45, 7) is 5.78. The highest BCUT2D eigenvalue weighted by molar-refractivity contribution is 7.86. The molecule has 5 aromatic carbocycles. The molecule has 8 nitrogen and oxygen atoms in total. The first kappa shape index (κ1) is 35.7. The summed E-state index contributed by atoms with van der Waals surface area (Å²) >= 11 is 0. The summed E-state index contributed by atoms with van der Waals surface area (Å²) in [6, 6.07) is 28.1. The van der Waals surface area contributed by atoms with Gasteiger partial charge in [-0.05, 0) is 93.9 Å². The van der Waals surface area contributed by atoms with Crippen molar-refractivity contribution < 1.29 is 40.8 Å². The fourth-order valence-corrected chi connectivity index (χ4v) is 8.09. The molecule has 2 N–H and O–H groups in total. The molecule has 0 bridgehead atoms. The van der Waals surface area contributed by atoms with Crippen LogP contribution in [-0.2, 0) is 23.1 Å². The third-order valence-corrected chi connectivity index (χ3v) is 10.4. The average Bonchev–Trinajstić information content (AvgIpc) is 3.48. The van der Waals surface area contributed by atoms with Gasteiger partial charge in [-0.15, -0.1) is 13.2 Å². The van der Waals surface area contributed by atoms with E-state index in [2.05, 4.69) is 4.74 Å². The summed E-state index contributed by atoms with van der Waals surface area (Å²) in [7, 11) is -5.03. The summed E-state index contributed by atoms with van der Waals surface area (Å²) in [5, 5.41) is 11.4. The van der Waals surface area contributed by atoms with Crippen molar-refractivity contribution in [3.63, 3.8) is 0 Å². The molecule has 0 fully saturated rings. The lowest BCUT2D eigenvalue weighted by Gasteiger charge is -2.31. The number of carboxylic acids is 1. The minimum absolute atomic E-state index is 0.00461. The number of aryl methyl sites for hydroxylation is 1. The van der Waals surface area contributed by atoms with Crippen molar-refractivity contribution in [2.24, 2.45) is 0 Å². The molecular weight excluding hydrogens is 706 g/mol. The third kappa shape index (κ3) is 6.83. The number of ether oxygens (including phenoxy) is 1. The van der Waals surface area contributed by atoms with Crippen LogP contribution in [0.25, 0.3) is 33.0 Å². The number of aromatic carboxylic acids is 1. The van der Waals surface area contributed by atoms with Gasteiger partial charge < -0.3 is 14.7 Å². The number of pyridine rings is 1. The number of aromatic nitrogens is 1. The first-order chi connectivity index (χ1) is 25.1. The van der Waals surface area contributed by atoms with Crippen LogP contribution in [0, 0.1) is 6.92 Å². The van der Waals surface area contributed by atoms with E-state index in [9.17, 15) is 36.0 Å². The van der Waals surface area contributed by atoms with Crippen molar-refractivity contribution in [3.8, 4) is 28.0 Å². The van der Waals surface area contributed by atoms with Gasteiger partial charge in [0.15, 0.2) is 0 Å². The second kappa shape index (κ2) is 13.4. The zero-order valence-corrected chi connectivity index (χ0v) is 29.6. The van der Waals surface area contributed by atoms with Gasteiger partial charge in [0, 0.05) is 17.5 Å². The second-order valence-corrected chi connectivity index (χ2v) is 14.6. The van der Waals surface area contributed by atoms with Gasteiger partial charge in [-0.1, -0.05) is 86.6 Å². The maximum atomic E-state index is 13.8. The summed E-state index contributed by atoms with van der Waals surface area (Å²) in [5.41, 5.74) is 5.71. The van der Waals surface area contributed by atoms with Crippen LogP contribution in [0.4, 0.5) is 24.7 Å². The molecule has 0 saturated heterocycles. The molecule has 0 amide bonds. The Balaban J connectivity index is 1.56. The molecule has 0 saturated carbocycles. The molecule has 0 aliphatic heterocycles. The van der Waals surface area contributed by atoms with Crippen molar-refractivity contribution in [2.75, 3.05) is 4.90 Å². The number of carboxylic acid groups (broad SMARTS) is 1. The number of rotatable bonds is 9. The fraction of sp³-hybridized carbons (Fsp3) is 0.171. The van der Waals surface area contributed by atoms with Crippen LogP contribution in [0.3, 0.4) is 0 Å². The molecule has 0 radical (unpaired) electrons. The van der Waals surface area contributed by atoms with Gasteiger partial charge in [0.25, 0.3) is 10.1 Å². The first-order valence-corrected chi connectivity index (χ1v) is 18.2. The summed E-state index contributed by atoms with van der Waals surface area (Å²) < 4.78 is 82.0. The van der Waals surface area contributed by atoms with E-state index in [4.69, 9.17) is 4.98 Å². The van der Waals surface area contributed by atoms with Gasteiger partial charge >= 0.3 is 12.3 Å². The molecule has 7 rings (SSSR count). The molecule has 0 unspecified atom stereocenters. The van der Waals surface area contributed by atoms with E-state index in [1.807, 2.05) is 69.3 Å². The van der Waals surface area contributed by atoms with E-state index in [0.29, 0.717) is 40.1 Å². The van der Waals surface area contributed by atoms with Crippen molar-refractivity contribution in [1.82, 2.24) is 4.98 Å². The van der Waals surface area contributed by atoms with E-state index in [1.165, 1.54) is 48.5 Å². The number of hydrogen-bond donors (Lipinski definition) is 2. The Morgan fingerprint density at radius 3 is 2.17 bits per heavy atom. The Bertz CT molecular complexity index is 2520. The van der Waals surface area contributed by atoms with Gasteiger partial charge in [-0.25, -0.2) is 9.78 Å². The molecule has 1 aliphatic rings. The Labute approximate surface area is 303 Å². The molecule has 1 heterocycles. The van der Waals surface area contributed by atoms with Gasteiger partial charge in [-0.3, -0.25) is 4.55 Å². The quantitative estimate of drug-likeness (QED) is 0.141. The SMILES string of the molecule is Cc1c(N(Cc2ccc(OC(F)(F)F)cc2)c2cc3c(c(-c4ccc(C(=O)O)cc4)c2S(=O)(=O)O)Cc2ccccc2-3)nc(C(C)C)c2ccccc12. The Kier molecular flexibility index (Phi) is 8.99.